The van der Waals surface area contributed by atoms with E-state index in [1.165, 1.54) is 6.07 Å². The van der Waals surface area contributed by atoms with E-state index < -0.39 is 23.8 Å². The summed E-state index contributed by atoms with van der Waals surface area (Å²) in [7, 11) is 0. The van der Waals surface area contributed by atoms with Crippen molar-refractivity contribution in [2.75, 3.05) is 5.32 Å². The maximum Gasteiger partial charge on any atom is 0.262 e. The second-order valence-electron chi connectivity index (χ2n) is 6.78. The van der Waals surface area contributed by atoms with Crippen molar-refractivity contribution in [2.24, 2.45) is 5.92 Å². The first-order valence-corrected chi connectivity index (χ1v) is 9.28. The van der Waals surface area contributed by atoms with Gasteiger partial charge in [-0.15, -0.1) is 0 Å². The van der Waals surface area contributed by atoms with Gasteiger partial charge in [-0.2, -0.15) is 0 Å². The van der Waals surface area contributed by atoms with E-state index in [1.54, 1.807) is 36.4 Å². The molecule has 1 aliphatic heterocycles. The Morgan fingerprint density at radius 3 is 2.19 bits per heavy atom. The zero-order valence-electron chi connectivity index (χ0n) is 14.8. The fraction of sp³-hybridized carbons (Fsp3) is 0.250. The van der Waals surface area contributed by atoms with Crippen molar-refractivity contribution in [3.8, 4) is 0 Å². The number of halogens is 2. The van der Waals surface area contributed by atoms with Crippen LogP contribution in [0.2, 0.25) is 10.0 Å². The molecule has 0 bridgehead atoms. The zero-order chi connectivity index (χ0) is 19.7. The number of imide groups is 1. The van der Waals surface area contributed by atoms with Gasteiger partial charge in [0.05, 0.1) is 21.8 Å². The second kappa shape index (κ2) is 7.71. The molecule has 3 rings (SSSR count). The van der Waals surface area contributed by atoms with Crippen molar-refractivity contribution >= 4 is 46.6 Å². The highest BCUT2D eigenvalue weighted by Gasteiger charge is 2.42. The van der Waals surface area contributed by atoms with Gasteiger partial charge in [-0.3, -0.25) is 19.3 Å². The van der Waals surface area contributed by atoms with E-state index in [-0.39, 0.29) is 5.92 Å². The first-order valence-electron chi connectivity index (χ1n) is 8.52. The van der Waals surface area contributed by atoms with Crippen LogP contribution in [0.1, 0.15) is 41.0 Å². The molecule has 1 atom stereocenters. The first kappa shape index (κ1) is 19.4. The van der Waals surface area contributed by atoms with Crippen LogP contribution in [0.15, 0.2) is 42.5 Å². The molecular weight excluding hydrogens is 387 g/mol. The van der Waals surface area contributed by atoms with E-state index in [2.05, 4.69) is 5.32 Å². The lowest BCUT2D eigenvalue weighted by Crippen LogP contribution is -2.48. The topological polar surface area (TPSA) is 66.5 Å². The smallest absolute Gasteiger partial charge is 0.262 e. The maximum atomic E-state index is 13.0. The molecule has 140 valence electrons. The molecular formula is C20H18Cl2N2O3. The van der Waals surface area contributed by atoms with Crippen LogP contribution in [0.4, 0.5) is 5.69 Å². The number of rotatable bonds is 5. The van der Waals surface area contributed by atoms with Gasteiger partial charge in [0.25, 0.3) is 11.8 Å². The molecule has 0 aromatic heterocycles. The number of benzene rings is 2. The second-order valence-corrected chi connectivity index (χ2v) is 7.63. The molecule has 0 saturated carbocycles. The molecule has 0 spiro atoms. The van der Waals surface area contributed by atoms with Crippen LogP contribution in [0.3, 0.4) is 0 Å². The molecule has 1 N–H and O–H groups in total. The highest BCUT2D eigenvalue weighted by atomic mass is 35.5. The summed E-state index contributed by atoms with van der Waals surface area (Å²) in [6.45, 7) is 3.84. The van der Waals surface area contributed by atoms with Gasteiger partial charge >= 0.3 is 0 Å². The molecule has 27 heavy (non-hydrogen) atoms. The van der Waals surface area contributed by atoms with Gasteiger partial charge in [-0.1, -0.05) is 49.2 Å². The Hall–Kier alpha value is -2.37. The summed E-state index contributed by atoms with van der Waals surface area (Å²) in [6, 6.07) is 10.3. The van der Waals surface area contributed by atoms with Gasteiger partial charge in [0.15, 0.2) is 0 Å². The number of fused-ring (bicyclic) bond motifs is 1. The van der Waals surface area contributed by atoms with E-state index >= 15 is 0 Å². The number of hydrogen-bond acceptors (Lipinski definition) is 3. The van der Waals surface area contributed by atoms with Crippen LogP contribution in [-0.2, 0) is 4.79 Å². The highest BCUT2D eigenvalue weighted by molar-refractivity contribution is 6.35. The Labute approximate surface area is 167 Å². The number of carbonyl (C=O) groups is 3. The molecule has 5 nitrogen and oxygen atoms in total. The first-order chi connectivity index (χ1) is 12.8. The average molecular weight is 405 g/mol. The summed E-state index contributed by atoms with van der Waals surface area (Å²) in [4.78, 5) is 39.6. The third-order valence-corrected chi connectivity index (χ3v) is 4.89. The largest absolute Gasteiger partial charge is 0.323 e. The minimum absolute atomic E-state index is 0.0832. The number of hydrogen-bond donors (Lipinski definition) is 1. The molecule has 0 radical (unpaired) electrons. The molecule has 7 heteroatoms. The van der Waals surface area contributed by atoms with Crippen LogP contribution in [0.25, 0.3) is 0 Å². The normalized spacial score (nSPS) is 14.5. The highest BCUT2D eigenvalue weighted by Crippen LogP contribution is 2.29. The van der Waals surface area contributed by atoms with Crippen molar-refractivity contribution in [3.05, 3.63) is 63.6 Å². The molecule has 0 aliphatic carbocycles. The minimum atomic E-state index is -0.951. The molecule has 3 amide bonds. The van der Waals surface area contributed by atoms with Gasteiger partial charge in [-0.25, -0.2) is 0 Å². The van der Waals surface area contributed by atoms with Crippen LogP contribution >= 0.6 is 23.2 Å². The van der Waals surface area contributed by atoms with Gasteiger partial charge in [0.2, 0.25) is 5.91 Å². The molecule has 1 heterocycles. The lowest BCUT2D eigenvalue weighted by molar-refractivity contribution is -0.120. The van der Waals surface area contributed by atoms with Crippen LogP contribution in [-0.4, -0.2) is 28.7 Å². The van der Waals surface area contributed by atoms with Crippen LogP contribution < -0.4 is 5.32 Å². The van der Waals surface area contributed by atoms with Crippen molar-refractivity contribution in [1.82, 2.24) is 4.90 Å². The SMILES string of the molecule is CC(C)C[C@H](C(=O)Nc1cc(Cl)ccc1Cl)N1C(=O)c2ccccc2C1=O. The third-order valence-electron chi connectivity index (χ3n) is 4.32. The average Bonchev–Trinajstić information content (AvgIpc) is 2.87. The summed E-state index contributed by atoms with van der Waals surface area (Å²) in [5.74, 6) is -1.33. The van der Waals surface area contributed by atoms with E-state index in [9.17, 15) is 14.4 Å². The molecule has 0 fully saturated rings. The van der Waals surface area contributed by atoms with Crippen molar-refractivity contribution < 1.29 is 14.4 Å². The molecule has 0 unspecified atom stereocenters. The summed E-state index contributed by atoms with van der Waals surface area (Å²) in [5, 5.41) is 3.43. The van der Waals surface area contributed by atoms with Crippen molar-refractivity contribution in [3.63, 3.8) is 0 Å². The fourth-order valence-electron chi connectivity index (χ4n) is 3.08. The summed E-state index contributed by atoms with van der Waals surface area (Å²) in [5.41, 5.74) is 0.953. The van der Waals surface area contributed by atoms with Gasteiger partial charge < -0.3 is 5.32 Å². The number of anilines is 1. The van der Waals surface area contributed by atoms with Crippen molar-refractivity contribution in [1.29, 1.82) is 0 Å². The fourth-order valence-corrected chi connectivity index (χ4v) is 3.41. The van der Waals surface area contributed by atoms with Crippen LogP contribution in [0, 0.1) is 5.92 Å². The number of nitrogens with one attached hydrogen (secondary N) is 1. The van der Waals surface area contributed by atoms with E-state index in [0.29, 0.717) is 33.3 Å². The summed E-state index contributed by atoms with van der Waals surface area (Å²) >= 11 is 12.1. The van der Waals surface area contributed by atoms with Crippen LogP contribution in [0.5, 0.6) is 0 Å². The lowest BCUT2D eigenvalue weighted by Gasteiger charge is -2.27. The molecule has 2 aromatic carbocycles. The van der Waals surface area contributed by atoms with Gasteiger partial charge in [0, 0.05) is 5.02 Å². The Kier molecular flexibility index (Phi) is 5.53. The third kappa shape index (κ3) is 3.84. The molecule has 2 aromatic rings. The maximum absolute atomic E-state index is 13.0. The monoisotopic (exact) mass is 404 g/mol. The Morgan fingerprint density at radius 1 is 1.04 bits per heavy atom. The van der Waals surface area contributed by atoms with E-state index in [4.69, 9.17) is 23.2 Å². The standard InChI is InChI=1S/C20H18Cl2N2O3/c1-11(2)9-17(18(25)23-16-10-12(21)7-8-15(16)22)24-19(26)13-5-3-4-6-14(13)20(24)27/h3-8,10-11,17H,9H2,1-2H3,(H,23,25)/t17-/m1/s1. The predicted octanol–water partition coefficient (Wildman–Crippen LogP) is 4.64. The predicted molar refractivity (Wildman–Crippen MR) is 105 cm³/mol. The molecule has 1 aliphatic rings. The Bertz CT molecular complexity index is 892. The quantitative estimate of drug-likeness (QED) is 0.737. The number of carbonyl (C=O) groups excluding carboxylic acids is 3. The Morgan fingerprint density at radius 2 is 1.63 bits per heavy atom. The molecule has 0 saturated heterocycles. The summed E-state index contributed by atoms with van der Waals surface area (Å²) in [6.07, 6.45) is 0.329. The Balaban J connectivity index is 1.93. The van der Waals surface area contributed by atoms with Crippen molar-refractivity contribution in [2.45, 2.75) is 26.3 Å². The van der Waals surface area contributed by atoms with Gasteiger partial charge in [0.1, 0.15) is 6.04 Å². The van der Waals surface area contributed by atoms with E-state index in [0.717, 1.165) is 4.90 Å². The zero-order valence-corrected chi connectivity index (χ0v) is 16.3. The lowest BCUT2D eigenvalue weighted by atomic mass is 10.0. The summed E-state index contributed by atoms with van der Waals surface area (Å²) < 4.78 is 0. The number of amides is 3. The van der Waals surface area contributed by atoms with E-state index in [1.807, 2.05) is 13.8 Å². The van der Waals surface area contributed by atoms with Gasteiger partial charge in [-0.05, 0) is 42.7 Å². The number of nitrogens with zero attached hydrogens (tertiary/aromatic N) is 1. The minimum Gasteiger partial charge on any atom is -0.323 e.